The second-order valence-electron chi connectivity index (χ2n) is 4.48. The molecular formula is C14H13ClN4OS. The molecule has 108 valence electrons. The molecule has 0 amide bonds. The lowest BCUT2D eigenvalue weighted by Crippen LogP contribution is -2.03. The van der Waals surface area contributed by atoms with Crippen LogP contribution in [0.25, 0.3) is 10.2 Å². The number of ether oxygens (including phenoxy) is 1. The summed E-state index contributed by atoms with van der Waals surface area (Å²) in [5, 5.41) is 4.52. The maximum Gasteiger partial charge on any atom is 0.225 e. The van der Waals surface area contributed by atoms with Crippen LogP contribution in [0.1, 0.15) is 10.4 Å². The van der Waals surface area contributed by atoms with E-state index in [1.165, 1.54) is 4.88 Å². The number of anilines is 1. The zero-order chi connectivity index (χ0) is 14.8. The minimum absolute atomic E-state index is 0.250. The third-order valence-corrected chi connectivity index (χ3v) is 4.07. The summed E-state index contributed by atoms with van der Waals surface area (Å²) in [4.78, 5) is 14.7. The molecule has 1 N–H and O–H groups in total. The number of hydrogen-bond acceptors (Lipinski definition) is 6. The summed E-state index contributed by atoms with van der Waals surface area (Å²) in [6.07, 6.45) is 1.77. The number of aryl methyl sites for hydroxylation is 1. The molecule has 3 aromatic rings. The van der Waals surface area contributed by atoms with Gasteiger partial charge in [0.2, 0.25) is 11.2 Å². The van der Waals surface area contributed by atoms with Gasteiger partial charge in [0.1, 0.15) is 10.6 Å². The van der Waals surface area contributed by atoms with Crippen molar-refractivity contribution in [1.82, 2.24) is 15.0 Å². The van der Waals surface area contributed by atoms with Crippen molar-refractivity contribution in [3.05, 3.63) is 40.1 Å². The number of thiophene rings is 1. The summed E-state index contributed by atoms with van der Waals surface area (Å²) in [5.41, 5.74) is 1.03. The number of methoxy groups -OCH3 is 1. The standard InChI is InChI=1S/C14H13ClN4OS/c1-8-5-10-12(18-14(15)19-13(10)21-8)17-7-9-3-4-11(20-2)16-6-9/h3-6H,7H2,1-2H3,(H,17,18,19). The van der Waals surface area contributed by atoms with Gasteiger partial charge in [-0.05, 0) is 30.2 Å². The average molecular weight is 321 g/mol. The third-order valence-electron chi connectivity index (χ3n) is 2.96. The minimum atomic E-state index is 0.250. The van der Waals surface area contributed by atoms with E-state index in [9.17, 15) is 0 Å². The van der Waals surface area contributed by atoms with Crippen LogP contribution in [0.4, 0.5) is 5.82 Å². The van der Waals surface area contributed by atoms with Gasteiger partial charge in [0.15, 0.2) is 0 Å². The van der Waals surface area contributed by atoms with Crippen LogP contribution < -0.4 is 10.1 Å². The lowest BCUT2D eigenvalue weighted by molar-refractivity contribution is 0.397. The van der Waals surface area contributed by atoms with Crippen LogP contribution in [-0.2, 0) is 6.54 Å². The van der Waals surface area contributed by atoms with Crippen LogP contribution in [0.2, 0.25) is 5.28 Å². The molecule has 0 bridgehead atoms. The van der Waals surface area contributed by atoms with E-state index in [2.05, 4.69) is 26.3 Å². The van der Waals surface area contributed by atoms with Gasteiger partial charge >= 0.3 is 0 Å². The predicted molar refractivity (Wildman–Crippen MR) is 85.3 cm³/mol. The number of halogens is 1. The van der Waals surface area contributed by atoms with E-state index in [-0.39, 0.29) is 5.28 Å². The zero-order valence-corrected chi connectivity index (χ0v) is 13.1. The van der Waals surface area contributed by atoms with Crippen LogP contribution in [-0.4, -0.2) is 22.1 Å². The Bertz CT molecular complexity index is 772. The molecule has 0 saturated carbocycles. The fourth-order valence-electron chi connectivity index (χ4n) is 1.97. The molecule has 0 fully saturated rings. The molecule has 3 rings (SSSR count). The smallest absolute Gasteiger partial charge is 0.225 e. The van der Waals surface area contributed by atoms with Crippen LogP contribution in [0.5, 0.6) is 5.88 Å². The Labute approximate surface area is 131 Å². The first-order valence-corrected chi connectivity index (χ1v) is 7.51. The molecule has 0 aliphatic carbocycles. The van der Waals surface area contributed by atoms with Gasteiger partial charge in [-0.1, -0.05) is 6.07 Å². The van der Waals surface area contributed by atoms with E-state index in [4.69, 9.17) is 16.3 Å². The van der Waals surface area contributed by atoms with Crippen LogP contribution in [0.15, 0.2) is 24.4 Å². The summed E-state index contributed by atoms with van der Waals surface area (Å²) in [6.45, 7) is 2.64. The number of nitrogens with one attached hydrogen (secondary N) is 1. The number of nitrogens with zero attached hydrogens (tertiary/aromatic N) is 3. The van der Waals surface area contributed by atoms with E-state index in [0.717, 1.165) is 21.6 Å². The van der Waals surface area contributed by atoms with Crippen LogP contribution >= 0.6 is 22.9 Å². The lowest BCUT2D eigenvalue weighted by Gasteiger charge is -2.07. The van der Waals surface area contributed by atoms with Crippen molar-refractivity contribution in [3.8, 4) is 5.88 Å². The molecule has 5 nitrogen and oxygen atoms in total. The predicted octanol–water partition coefficient (Wildman–Crippen LogP) is 3.67. The monoisotopic (exact) mass is 320 g/mol. The molecule has 0 radical (unpaired) electrons. The minimum Gasteiger partial charge on any atom is -0.481 e. The number of aromatic nitrogens is 3. The van der Waals surface area contributed by atoms with Crippen molar-refractivity contribution in [2.75, 3.05) is 12.4 Å². The largest absolute Gasteiger partial charge is 0.481 e. The molecule has 0 spiro atoms. The van der Waals surface area contributed by atoms with E-state index >= 15 is 0 Å². The van der Waals surface area contributed by atoms with E-state index < -0.39 is 0 Å². The zero-order valence-electron chi connectivity index (χ0n) is 11.6. The van der Waals surface area contributed by atoms with Crippen molar-refractivity contribution >= 4 is 39.0 Å². The molecule has 21 heavy (non-hydrogen) atoms. The molecule has 0 aliphatic rings. The van der Waals surface area contributed by atoms with E-state index in [1.807, 2.05) is 19.1 Å². The maximum atomic E-state index is 5.97. The first kappa shape index (κ1) is 14.0. The van der Waals surface area contributed by atoms with E-state index in [0.29, 0.717) is 12.4 Å². The summed E-state index contributed by atoms with van der Waals surface area (Å²) >= 11 is 7.57. The van der Waals surface area contributed by atoms with Crippen molar-refractivity contribution in [2.45, 2.75) is 13.5 Å². The van der Waals surface area contributed by atoms with Gasteiger partial charge in [0.25, 0.3) is 0 Å². The molecule has 0 aromatic carbocycles. The first-order valence-electron chi connectivity index (χ1n) is 6.32. The third kappa shape index (κ3) is 3.06. The molecule has 0 atom stereocenters. The number of pyridine rings is 1. The molecule has 0 unspecified atom stereocenters. The van der Waals surface area contributed by atoms with Crippen LogP contribution in [0, 0.1) is 6.92 Å². The molecular weight excluding hydrogens is 308 g/mol. The molecule has 3 aromatic heterocycles. The quantitative estimate of drug-likeness (QED) is 0.743. The summed E-state index contributed by atoms with van der Waals surface area (Å²) in [6, 6.07) is 5.84. The highest BCUT2D eigenvalue weighted by molar-refractivity contribution is 7.18. The Balaban J connectivity index is 1.83. The van der Waals surface area contributed by atoms with Crippen LogP contribution in [0.3, 0.4) is 0 Å². The van der Waals surface area contributed by atoms with Gasteiger partial charge in [-0.2, -0.15) is 0 Å². The SMILES string of the molecule is COc1ccc(CNc2nc(Cl)nc3sc(C)cc23)cn1. The molecule has 0 saturated heterocycles. The number of fused-ring (bicyclic) bond motifs is 1. The second-order valence-corrected chi connectivity index (χ2v) is 6.05. The summed E-state index contributed by atoms with van der Waals surface area (Å²) < 4.78 is 5.04. The average Bonchev–Trinajstić information content (AvgIpc) is 2.85. The highest BCUT2D eigenvalue weighted by Gasteiger charge is 2.09. The van der Waals surface area contributed by atoms with Gasteiger partial charge in [0, 0.05) is 23.7 Å². The Morgan fingerprint density at radius 1 is 1.33 bits per heavy atom. The molecule has 3 heterocycles. The molecule has 0 aliphatic heterocycles. The van der Waals surface area contributed by atoms with Gasteiger partial charge < -0.3 is 10.1 Å². The van der Waals surface area contributed by atoms with Crippen molar-refractivity contribution in [2.24, 2.45) is 0 Å². The summed E-state index contributed by atoms with van der Waals surface area (Å²) in [5.74, 6) is 1.34. The van der Waals surface area contributed by atoms with Gasteiger partial charge in [-0.15, -0.1) is 11.3 Å². The topological polar surface area (TPSA) is 59.9 Å². The first-order chi connectivity index (χ1) is 10.2. The highest BCUT2D eigenvalue weighted by Crippen LogP contribution is 2.29. The Kier molecular flexibility index (Phi) is 3.90. The lowest BCUT2D eigenvalue weighted by atomic mass is 10.2. The fraction of sp³-hybridized carbons (Fsp3) is 0.214. The van der Waals surface area contributed by atoms with Crippen molar-refractivity contribution in [3.63, 3.8) is 0 Å². The Hall–Kier alpha value is -1.92. The van der Waals surface area contributed by atoms with Gasteiger partial charge in [-0.25, -0.2) is 15.0 Å². The summed E-state index contributed by atoms with van der Waals surface area (Å²) in [7, 11) is 1.60. The van der Waals surface area contributed by atoms with E-state index in [1.54, 1.807) is 24.6 Å². The Morgan fingerprint density at radius 3 is 2.90 bits per heavy atom. The normalized spacial score (nSPS) is 10.8. The van der Waals surface area contributed by atoms with Gasteiger partial charge in [0.05, 0.1) is 12.5 Å². The van der Waals surface area contributed by atoms with Crippen molar-refractivity contribution in [1.29, 1.82) is 0 Å². The maximum absolute atomic E-state index is 5.97. The highest BCUT2D eigenvalue weighted by atomic mass is 35.5. The number of hydrogen-bond donors (Lipinski definition) is 1. The Morgan fingerprint density at radius 2 is 2.19 bits per heavy atom. The molecule has 7 heteroatoms. The number of rotatable bonds is 4. The van der Waals surface area contributed by atoms with Crippen molar-refractivity contribution < 1.29 is 4.74 Å². The fourth-order valence-corrected chi connectivity index (χ4v) is 3.07. The van der Waals surface area contributed by atoms with Gasteiger partial charge in [-0.3, -0.25) is 0 Å². The second kappa shape index (κ2) is 5.83.